The molecule has 8 heteroatoms. The molecule has 2 aliphatic rings. The summed E-state index contributed by atoms with van der Waals surface area (Å²) in [5, 5.41) is 6.56. The van der Waals surface area contributed by atoms with E-state index in [1.165, 1.54) is 11.3 Å². The molecule has 3 aromatic rings. The Kier molecular flexibility index (Phi) is 4.24. The van der Waals surface area contributed by atoms with Crippen molar-refractivity contribution < 1.29 is 9.59 Å². The Morgan fingerprint density at radius 1 is 1.14 bits per heavy atom. The fraction of sp³-hybridized carbons (Fsp3) is 0.333. The van der Waals surface area contributed by atoms with Crippen molar-refractivity contribution in [1.29, 1.82) is 0 Å². The van der Waals surface area contributed by atoms with Gasteiger partial charge in [0, 0.05) is 23.2 Å². The van der Waals surface area contributed by atoms with Crippen molar-refractivity contribution in [2.45, 2.75) is 44.6 Å². The number of carbonyl (C=O) groups is 2. The van der Waals surface area contributed by atoms with E-state index in [1.807, 2.05) is 6.92 Å². The molecule has 0 aliphatic heterocycles. The largest absolute Gasteiger partial charge is 0.397 e. The van der Waals surface area contributed by atoms with Crippen molar-refractivity contribution >= 4 is 44.7 Å². The molecule has 4 N–H and O–H groups in total. The Morgan fingerprint density at radius 3 is 2.66 bits per heavy atom. The number of carbonyl (C=O) groups excluding carboxylic acids is 2. The molecule has 5 rings (SSSR count). The smallest absolute Gasteiger partial charge is 0.267 e. The summed E-state index contributed by atoms with van der Waals surface area (Å²) in [5.74, 6) is 0.849. The SMILES string of the molecule is Cc1nc(C2CC2)nc2sc(C(=O)Nc3cccc(C(=O)NC4CC4)c3)c(N)c12. The number of nitrogens with zero attached hydrogens (tertiary/aromatic N) is 2. The Balaban J connectivity index is 1.40. The van der Waals surface area contributed by atoms with Crippen LogP contribution in [0.2, 0.25) is 0 Å². The number of rotatable bonds is 5. The number of hydrogen-bond donors (Lipinski definition) is 3. The number of nitrogens with one attached hydrogen (secondary N) is 2. The summed E-state index contributed by atoms with van der Waals surface area (Å²) in [6, 6.07) is 7.20. The van der Waals surface area contributed by atoms with Gasteiger partial charge < -0.3 is 16.4 Å². The van der Waals surface area contributed by atoms with Gasteiger partial charge >= 0.3 is 0 Å². The maximum absolute atomic E-state index is 12.9. The van der Waals surface area contributed by atoms with Gasteiger partial charge in [-0.15, -0.1) is 11.3 Å². The van der Waals surface area contributed by atoms with Gasteiger partial charge in [-0.05, 0) is 50.8 Å². The summed E-state index contributed by atoms with van der Waals surface area (Å²) in [6.07, 6.45) is 4.28. The molecule has 7 nitrogen and oxygen atoms in total. The third kappa shape index (κ3) is 3.55. The number of aromatic nitrogens is 2. The quantitative estimate of drug-likeness (QED) is 0.598. The number of anilines is 2. The third-order valence-corrected chi connectivity index (χ3v) is 6.33. The molecule has 29 heavy (non-hydrogen) atoms. The normalized spacial score (nSPS) is 16.0. The molecule has 0 radical (unpaired) electrons. The lowest BCUT2D eigenvalue weighted by Crippen LogP contribution is -2.25. The second-order valence-electron chi connectivity index (χ2n) is 7.75. The Hall–Kier alpha value is -3.00. The zero-order valence-corrected chi connectivity index (χ0v) is 16.8. The van der Waals surface area contributed by atoms with Gasteiger partial charge in [0.05, 0.1) is 16.8 Å². The molecule has 2 saturated carbocycles. The van der Waals surface area contributed by atoms with Crippen molar-refractivity contribution in [3.63, 3.8) is 0 Å². The highest BCUT2D eigenvalue weighted by atomic mass is 32.1. The summed E-state index contributed by atoms with van der Waals surface area (Å²) in [5.41, 5.74) is 8.57. The van der Waals surface area contributed by atoms with Gasteiger partial charge in [-0.1, -0.05) is 6.07 Å². The summed E-state index contributed by atoms with van der Waals surface area (Å²) in [6.45, 7) is 1.91. The second-order valence-corrected chi connectivity index (χ2v) is 8.75. The summed E-state index contributed by atoms with van der Waals surface area (Å²) < 4.78 is 0. The Morgan fingerprint density at radius 2 is 1.93 bits per heavy atom. The molecule has 2 heterocycles. The van der Waals surface area contributed by atoms with Crippen LogP contribution in [-0.2, 0) is 0 Å². The minimum atomic E-state index is -0.308. The standard InChI is InChI=1S/C21H21N5O2S/c1-10-15-16(22)17(29-21(15)26-18(23-10)11-5-6-11)20(28)25-14-4-2-3-12(9-14)19(27)24-13-7-8-13/h2-4,9,11,13H,5-8,22H2,1H3,(H,24,27)(H,25,28). The van der Waals surface area contributed by atoms with Gasteiger partial charge in [0.25, 0.3) is 11.8 Å². The number of nitrogen functional groups attached to an aromatic ring is 1. The molecule has 0 bridgehead atoms. The van der Waals surface area contributed by atoms with E-state index in [1.54, 1.807) is 24.3 Å². The maximum Gasteiger partial charge on any atom is 0.267 e. The van der Waals surface area contributed by atoms with Crippen LogP contribution in [0.3, 0.4) is 0 Å². The van der Waals surface area contributed by atoms with Gasteiger partial charge in [0.2, 0.25) is 0 Å². The zero-order chi connectivity index (χ0) is 20.1. The van der Waals surface area contributed by atoms with E-state index in [0.717, 1.165) is 47.4 Å². The van der Waals surface area contributed by atoms with E-state index in [-0.39, 0.29) is 17.9 Å². The van der Waals surface area contributed by atoms with E-state index in [9.17, 15) is 9.59 Å². The van der Waals surface area contributed by atoms with E-state index in [4.69, 9.17) is 5.73 Å². The highest BCUT2D eigenvalue weighted by Gasteiger charge is 2.29. The average molecular weight is 407 g/mol. The fourth-order valence-electron chi connectivity index (χ4n) is 3.33. The molecule has 0 saturated heterocycles. The molecule has 2 aliphatic carbocycles. The lowest BCUT2D eigenvalue weighted by Gasteiger charge is -2.07. The first-order valence-electron chi connectivity index (χ1n) is 9.78. The average Bonchev–Trinajstić information content (AvgIpc) is 3.61. The van der Waals surface area contributed by atoms with Crippen molar-refractivity contribution in [3.8, 4) is 0 Å². The topological polar surface area (TPSA) is 110 Å². The van der Waals surface area contributed by atoms with Crippen molar-refractivity contribution in [2.75, 3.05) is 11.1 Å². The molecule has 0 atom stereocenters. The van der Waals surface area contributed by atoms with E-state index >= 15 is 0 Å². The number of hydrogen-bond acceptors (Lipinski definition) is 6. The molecule has 0 spiro atoms. The highest BCUT2D eigenvalue weighted by Crippen LogP contribution is 2.41. The number of nitrogens with two attached hydrogens (primary N) is 1. The summed E-state index contributed by atoms with van der Waals surface area (Å²) in [7, 11) is 0. The molecule has 0 unspecified atom stereocenters. The molecule has 2 amide bonds. The van der Waals surface area contributed by atoms with Crippen molar-refractivity contribution in [2.24, 2.45) is 0 Å². The Bertz CT molecular complexity index is 1150. The third-order valence-electron chi connectivity index (χ3n) is 5.23. The Labute approximate surface area is 171 Å². The predicted molar refractivity (Wildman–Crippen MR) is 113 cm³/mol. The van der Waals surface area contributed by atoms with Gasteiger partial charge in [-0.3, -0.25) is 9.59 Å². The molecule has 1 aromatic carbocycles. The molecule has 148 valence electrons. The van der Waals surface area contributed by atoms with Crippen LogP contribution < -0.4 is 16.4 Å². The minimum absolute atomic E-state index is 0.122. The second kappa shape index (κ2) is 6.81. The van der Waals surface area contributed by atoms with E-state index < -0.39 is 0 Å². The minimum Gasteiger partial charge on any atom is -0.397 e. The number of amides is 2. The number of aryl methyl sites for hydroxylation is 1. The van der Waals surface area contributed by atoms with Crippen LogP contribution in [0.25, 0.3) is 10.2 Å². The first kappa shape index (κ1) is 18.1. The monoisotopic (exact) mass is 407 g/mol. The lowest BCUT2D eigenvalue weighted by atomic mass is 10.2. The van der Waals surface area contributed by atoms with Gasteiger partial charge in [-0.2, -0.15) is 0 Å². The van der Waals surface area contributed by atoms with Gasteiger partial charge in [-0.25, -0.2) is 9.97 Å². The van der Waals surface area contributed by atoms with Crippen molar-refractivity contribution in [1.82, 2.24) is 15.3 Å². The van der Waals surface area contributed by atoms with Crippen LogP contribution in [0.5, 0.6) is 0 Å². The van der Waals surface area contributed by atoms with Crippen LogP contribution >= 0.6 is 11.3 Å². The van der Waals surface area contributed by atoms with Crippen LogP contribution in [0.1, 0.15) is 63.1 Å². The van der Waals surface area contributed by atoms with Crippen LogP contribution in [0, 0.1) is 6.92 Å². The van der Waals surface area contributed by atoms with E-state index in [2.05, 4.69) is 20.6 Å². The molecular weight excluding hydrogens is 386 g/mol. The lowest BCUT2D eigenvalue weighted by molar-refractivity contribution is 0.0949. The molecule has 2 aromatic heterocycles. The van der Waals surface area contributed by atoms with Crippen LogP contribution in [-0.4, -0.2) is 27.8 Å². The first-order valence-corrected chi connectivity index (χ1v) is 10.6. The zero-order valence-electron chi connectivity index (χ0n) is 16.0. The molecule has 2 fully saturated rings. The van der Waals surface area contributed by atoms with Gasteiger partial charge in [0.15, 0.2) is 0 Å². The summed E-state index contributed by atoms with van der Waals surface area (Å²) >= 11 is 1.28. The fourth-order valence-corrected chi connectivity index (χ4v) is 4.38. The predicted octanol–water partition coefficient (Wildman–Crippen LogP) is 3.60. The number of thiophene rings is 1. The van der Waals surface area contributed by atoms with E-state index in [0.29, 0.717) is 27.7 Å². The van der Waals surface area contributed by atoms with Crippen molar-refractivity contribution in [3.05, 3.63) is 46.2 Å². The highest BCUT2D eigenvalue weighted by molar-refractivity contribution is 7.21. The van der Waals surface area contributed by atoms with Crippen LogP contribution in [0.15, 0.2) is 24.3 Å². The van der Waals surface area contributed by atoms with Gasteiger partial charge in [0.1, 0.15) is 15.5 Å². The summed E-state index contributed by atoms with van der Waals surface area (Å²) in [4.78, 5) is 35.5. The first-order chi connectivity index (χ1) is 14.0. The maximum atomic E-state index is 12.9. The number of benzene rings is 1. The number of fused-ring (bicyclic) bond motifs is 1. The van der Waals surface area contributed by atoms with Crippen LogP contribution in [0.4, 0.5) is 11.4 Å². The molecular formula is C21H21N5O2S.